The Hall–Kier alpha value is -1.67. The van der Waals surface area contributed by atoms with Crippen molar-refractivity contribution in [2.24, 2.45) is 0 Å². The number of carboxylic acid groups (broad SMARTS) is 1. The zero-order valence-electron chi connectivity index (χ0n) is 16.5. The Labute approximate surface area is 150 Å². The molecule has 0 aliphatic heterocycles. The van der Waals surface area contributed by atoms with Gasteiger partial charge in [0.1, 0.15) is 5.60 Å². The third-order valence-corrected chi connectivity index (χ3v) is 8.60. The summed E-state index contributed by atoms with van der Waals surface area (Å²) in [4.78, 5) is 23.4. The van der Waals surface area contributed by atoms with Crippen molar-refractivity contribution >= 4 is 20.4 Å². The molecule has 0 fully saturated rings. The second kappa shape index (κ2) is 7.29. The molecule has 0 atom stereocenters. The van der Waals surface area contributed by atoms with Crippen LogP contribution in [0.4, 0.5) is 4.79 Å². The second-order valence-corrected chi connectivity index (χ2v) is 13.4. The SMILES string of the molecule is CC(C)(C)OC(=O)n1nc(CO[Si](C)(C)C(C)(C)C)cc1CC(=O)O. The topological polar surface area (TPSA) is 90.7 Å². The van der Waals surface area contributed by atoms with Crippen molar-refractivity contribution in [1.29, 1.82) is 0 Å². The predicted octanol–water partition coefficient (Wildman–Crippen LogP) is 3.82. The minimum absolute atomic E-state index is 0.0463. The minimum atomic E-state index is -1.97. The molecule has 0 amide bonds. The second-order valence-electron chi connectivity index (χ2n) is 8.64. The van der Waals surface area contributed by atoms with Crippen LogP contribution in [0.3, 0.4) is 0 Å². The summed E-state index contributed by atoms with van der Waals surface area (Å²) in [6.07, 6.45) is -1.01. The summed E-state index contributed by atoms with van der Waals surface area (Å²) < 4.78 is 12.4. The molecular formula is C17H30N2O5Si. The van der Waals surface area contributed by atoms with Gasteiger partial charge in [0, 0.05) is 0 Å². The number of aromatic nitrogens is 2. The highest BCUT2D eigenvalue weighted by Crippen LogP contribution is 2.37. The highest BCUT2D eigenvalue weighted by molar-refractivity contribution is 6.74. The molecule has 0 unspecified atom stereocenters. The number of carbonyl (C=O) groups is 2. The van der Waals surface area contributed by atoms with Crippen molar-refractivity contribution in [3.05, 3.63) is 17.5 Å². The van der Waals surface area contributed by atoms with E-state index in [0.717, 1.165) is 4.68 Å². The quantitative estimate of drug-likeness (QED) is 0.793. The van der Waals surface area contributed by atoms with Crippen LogP contribution in [-0.4, -0.2) is 40.9 Å². The van der Waals surface area contributed by atoms with Crippen molar-refractivity contribution in [2.75, 3.05) is 0 Å². The molecule has 0 aliphatic rings. The van der Waals surface area contributed by atoms with E-state index in [0.29, 0.717) is 5.69 Å². The number of carbonyl (C=O) groups excluding carboxylic acids is 1. The van der Waals surface area contributed by atoms with Crippen LogP contribution in [0.25, 0.3) is 0 Å². The highest BCUT2D eigenvalue weighted by atomic mass is 28.4. The smallest absolute Gasteiger partial charge is 0.435 e. The number of hydrogen-bond acceptors (Lipinski definition) is 5. The average molecular weight is 371 g/mol. The monoisotopic (exact) mass is 370 g/mol. The van der Waals surface area contributed by atoms with Gasteiger partial charge in [0.25, 0.3) is 0 Å². The molecule has 0 saturated heterocycles. The normalized spacial score (nSPS) is 13.0. The molecule has 25 heavy (non-hydrogen) atoms. The van der Waals surface area contributed by atoms with E-state index in [1.54, 1.807) is 26.8 Å². The summed E-state index contributed by atoms with van der Waals surface area (Å²) >= 11 is 0. The Morgan fingerprint density at radius 1 is 1.20 bits per heavy atom. The molecule has 142 valence electrons. The fourth-order valence-corrected chi connectivity index (χ4v) is 2.70. The summed E-state index contributed by atoms with van der Waals surface area (Å²) in [6.45, 7) is 16.1. The lowest BCUT2D eigenvalue weighted by Gasteiger charge is -2.35. The molecule has 1 heterocycles. The van der Waals surface area contributed by atoms with E-state index in [1.807, 2.05) is 0 Å². The third kappa shape index (κ3) is 6.28. The van der Waals surface area contributed by atoms with Gasteiger partial charge in [-0.25, -0.2) is 4.79 Å². The van der Waals surface area contributed by atoms with Crippen LogP contribution in [0.1, 0.15) is 52.9 Å². The molecule has 8 heteroatoms. The van der Waals surface area contributed by atoms with Crippen LogP contribution in [0.2, 0.25) is 18.1 Å². The van der Waals surface area contributed by atoms with Crippen LogP contribution < -0.4 is 0 Å². The lowest BCUT2D eigenvalue weighted by atomic mass is 10.2. The van der Waals surface area contributed by atoms with Crippen molar-refractivity contribution in [1.82, 2.24) is 9.78 Å². The van der Waals surface area contributed by atoms with E-state index in [2.05, 4.69) is 39.0 Å². The van der Waals surface area contributed by atoms with E-state index < -0.39 is 26.0 Å². The molecule has 0 bridgehead atoms. The van der Waals surface area contributed by atoms with Crippen LogP contribution in [0, 0.1) is 0 Å². The van der Waals surface area contributed by atoms with Gasteiger partial charge in [0.15, 0.2) is 8.32 Å². The maximum atomic E-state index is 12.3. The molecule has 1 aromatic heterocycles. The molecular weight excluding hydrogens is 340 g/mol. The van der Waals surface area contributed by atoms with Crippen LogP contribution in [-0.2, 0) is 27.0 Å². The fourth-order valence-electron chi connectivity index (χ4n) is 1.76. The van der Waals surface area contributed by atoms with Crippen molar-refractivity contribution < 1.29 is 23.9 Å². The van der Waals surface area contributed by atoms with Crippen LogP contribution >= 0.6 is 0 Å². The Morgan fingerprint density at radius 3 is 2.20 bits per heavy atom. The van der Waals surface area contributed by atoms with Crippen molar-refractivity contribution in [3.8, 4) is 0 Å². The molecule has 1 rings (SSSR count). The van der Waals surface area contributed by atoms with Gasteiger partial charge in [-0.3, -0.25) is 4.79 Å². The van der Waals surface area contributed by atoms with Crippen molar-refractivity contribution in [2.45, 2.75) is 78.3 Å². The first-order valence-corrected chi connectivity index (χ1v) is 11.2. The summed E-state index contributed by atoms with van der Waals surface area (Å²) in [5.74, 6) is -1.04. The number of aliphatic carboxylic acids is 1. The predicted molar refractivity (Wildman–Crippen MR) is 97.2 cm³/mol. The Morgan fingerprint density at radius 2 is 1.76 bits per heavy atom. The van der Waals surface area contributed by atoms with E-state index in [-0.39, 0.29) is 23.8 Å². The van der Waals surface area contributed by atoms with E-state index in [4.69, 9.17) is 14.3 Å². The Balaban J connectivity index is 3.03. The number of hydrogen-bond donors (Lipinski definition) is 1. The van der Waals surface area contributed by atoms with Crippen LogP contribution in [0.5, 0.6) is 0 Å². The molecule has 0 aromatic carbocycles. The Bertz CT molecular complexity index is 638. The fraction of sp³-hybridized carbons (Fsp3) is 0.706. The molecule has 7 nitrogen and oxygen atoms in total. The molecule has 0 saturated carbocycles. The van der Waals surface area contributed by atoms with Crippen LogP contribution in [0.15, 0.2) is 6.07 Å². The van der Waals surface area contributed by atoms with Gasteiger partial charge in [-0.15, -0.1) is 0 Å². The largest absolute Gasteiger partial charge is 0.481 e. The first kappa shape index (κ1) is 21.4. The number of nitrogens with zero attached hydrogens (tertiary/aromatic N) is 2. The summed E-state index contributed by atoms with van der Waals surface area (Å²) in [7, 11) is -1.97. The summed E-state index contributed by atoms with van der Waals surface area (Å²) in [6, 6.07) is 1.59. The molecule has 0 aliphatic carbocycles. The average Bonchev–Trinajstić information content (AvgIpc) is 2.75. The van der Waals surface area contributed by atoms with Gasteiger partial charge in [-0.05, 0) is 45.0 Å². The maximum Gasteiger partial charge on any atom is 0.435 e. The Kier molecular flexibility index (Phi) is 6.23. The summed E-state index contributed by atoms with van der Waals surface area (Å²) in [5, 5.41) is 13.3. The molecule has 1 aromatic rings. The van der Waals surface area contributed by atoms with Gasteiger partial charge < -0.3 is 14.3 Å². The standard InChI is InChI=1S/C17H30N2O5Si/c1-16(2,3)24-15(22)19-13(10-14(20)21)9-12(18-19)11-23-25(7,8)17(4,5)6/h9H,10-11H2,1-8H3,(H,20,21). The number of carboxylic acids is 1. The van der Waals surface area contributed by atoms with E-state index >= 15 is 0 Å². The lowest BCUT2D eigenvalue weighted by molar-refractivity contribution is -0.136. The van der Waals surface area contributed by atoms with Crippen molar-refractivity contribution in [3.63, 3.8) is 0 Å². The van der Waals surface area contributed by atoms with Gasteiger partial charge in [-0.1, -0.05) is 20.8 Å². The van der Waals surface area contributed by atoms with E-state index in [9.17, 15) is 9.59 Å². The van der Waals surface area contributed by atoms with E-state index in [1.165, 1.54) is 0 Å². The molecule has 0 spiro atoms. The molecule has 0 radical (unpaired) electrons. The first-order valence-electron chi connectivity index (χ1n) is 8.29. The first-order chi connectivity index (χ1) is 11.1. The summed E-state index contributed by atoms with van der Waals surface area (Å²) in [5.41, 5.74) is 0.101. The zero-order valence-corrected chi connectivity index (χ0v) is 17.5. The van der Waals surface area contributed by atoms with Gasteiger partial charge >= 0.3 is 12.1 Å². The zero-order chi connectivity index (χ0) is 19.6. The molecule has 1 N–H and O–H groups in total. The van der Waals surface area contributed by atoms with Gasteiger partial charge in [0.2, 0.25) is 0 Å². The number of ether oxygens (including phenoxy) is 1. The minimum Gasteiger partial charge on any atom is -0.481 e. The number of rotatable bonds is 5. The highest BCUT2D eigenvalue weighted by Gasteiger charge is 2.37. The van der Waals surface area contributed by atoms with Gasteiger partial charge in [0.05, 0.1) is 24.4 Å². The lowest BCUT2D eigenvalue weighted by Crippen LogP contribution is -2.40. The van der Waals surface area contributed by atoms with Gasteiger partial charge in [-0.2, -0.15) is 9.78 Å². The maximum absolute atomic E-state index is 12.3. The third-order valence-electron chi connectivity index (χ3n) is 4.12.